The summed E-state index contributed by atoms with van der Waals surface area (Å²) in [4.78, 5) is 12.2. The first-order valence-corrected chi connectivity index (χ1v) is 9.00. The molecule has 0 heterocycles. The molecule has 2 unspecified atom stereocenters. The average Bonchev–Trinajstić information content (AvgIpc) is 2.80. The van der Waals surface area contributed by atoms with Crippen LogP contribution in [-0.2, 0) is 0 Å². The van der Waals surface area contributed by atoms with Gasteiger partial charge in [-0.15, -0.1) is 0 Å². The van der Waals surface area contributed by atoms with Crippen molar-refractivity contribution in [1.82, 2.24) is 5.32 Å². The van der Waals surface area contributed by atoms with Crippen LogP contribution in [0.25, 0.3) is 0 Å². The SMILES string of the molecule is CCSC1CCCC1NC(=O)c1ccc(I)c(Cl)c1. The first-order chi connectivity index (χ1) is 9.11. The summed E-state index contributed by atoms with van der Waals surface area (Å²) >= 11 is 10.2. The van der Waals surface area contributed by atoms with Crippen LogP contribution in [-0.4, -0.2) is 23.0 Å². The molecule has 0 bridgehead atoms. The smallest absolute Gasteiger partial charge is 0.251 e. The fraction of sp³-hybridized carbons (Fsp3) is 0.500. The largest absolute Gasteiger partial charge is 0.348 e. The van der Waals surface area contributed by atoms with Crippen molar-refractivity contribution in [1.29, 1.82) is 0 Å². The number of benzene rings is 1. The van der Waals surface area contributed by atoms with E-state index in [2.05, 4.69) is 34.8 Å². The molecule has 1 aliphatic rings. The van der Waals surface area contributed by atoms with Crippen LogP contribution in [0.2, 0.25) is 5.02 Å². The van der Waals surface area contributed by atoms with Gasteiger partial charge >= 0.3 is 0 Å². The number of halogens is 2. The number of nitrogens with one attached hydrogen (secondary N) is 1. The topological polar surface area (TPSA) is 29.1 Å². The van der Waals surface area contributed by atoms with Gasteiger partial charge in [-0.05, 0) is 59.4 Å². The first-order valence-electron chi connectivity index (χ1n) is 6.49. The molecule has 1 fully saturated rings. The molecule has 2 nitrogen and oxygen atoms in total. The Morgan fingerprint density at radius 1 is 1.53 bits per heavy atom. The van der Waals surface area contributed by atoms with Crippen molar-refractivity contribution in [2.45, 2.75) is 37.5 Å². The summed E-state index contributed by atoms with van der Waals surface area (Å²) in [5.74, 6) is 1.10. The second kappa shape index (κ2) is 7.18. The van der Waals surface area contributed by atoms with Gasteiger partial charge in [0, 0.05) is 20.4 Å². The van der Waals surface area contributed by atoms with Crippen molar-refractivity contribution < 1.29 is 4.79 Å². The molecule has 0 radical (unpaired) electrons. The minimum atomic E-state index is -0.00750. The average molecular weight is 410 g/mol. The van der Waals surface area contributed by atoms with Gasteiger partial charge in [0.2, 0.25) is 0 Å². The maximum Gasteiger partial charge on any atom is 0.251 e. The lowest BCUT2D eigenvalue weighted by Crippen LogP contribution is -2.38. The second-order valence-corrected chi connectivity index (χ2v) is 7.72. The minimum Gasteiger partial charge on any atom is -0.348 e. The zero-order chi connectivity index (χ0) is 13.8. The predicted octanol–water partition coefficient (Wildman–Crippen LogP) is 4.35. The highest BCUT2D eigenvalue weighted by Crippen LogP contribution is 2.30. The molecule has 1 aromatic carbocycles. The molecule has 1 amide bonds. The number of amides is 1. The highest BCUT2D eigenvalue weighted by atomic mass is 127. The fourth-order valence-electron chi connectivity index (χ4n) is 2.39. The van der Waals surface area contributed by atoms with Crippen LogP contribution in [0.15, 0.2) is 18.2 Å². The third kappa shape index (κ3) is 4.02. The number of hydrogen-bond acceptors (Lipinski definition) is 2. The summed E-state index contributed by atoms with van der Waals surface area (Å²) in [7, 11) is 0. The van der Waals surface area contributed by atoms with E-state index in [4.69, 9.17) is 11.6 Å². The molecule has 2 atom stereocenters. The lowest BCUT2D eigenvalue weighted by molar-refractivity contribution is 0.0938. The Kier molecular flexibility index (Phi) is 5.84. The molecule has 19 heavy (non-hydrogen) atoms. The van der Waals surface area contributed by atoms with Crippen molar-refractivity contribution in [3.63, 3.8) is 0 Å². The highest BCUT2D eigenvalue weighted by Gasteiger charge is 2.28. The molecule has 0 saturated heterocycles. The van der Waals surface area contributed by atoms with E-state index in [9.17, 15) is 4.79 Å². The molecular weight excluding hydrogens is 393 g/mol. The number of hydrogen-bond donors (Lipinski definition) is 1. The third-order valence-electron chi connectivity index (χ3n) is 3.33. The zero-order valence-electron chi connectivity index (χ0n) is 10.8. The van der Waals surface area contributed by atoms with Crippen molar-refractivity contribution in [2.24, 2.45) is 0 Å². The third-order valence-corrected chi connectivity index (χ3v) is 6.23. The van der Waals surface area contributed by atoms with Gasteiger partial charge in [0.25, 0.3) is 5.91 Å². The predicted molar refractivity (Wildman–Crippen MR) is 91.2 cm³/mol. The van der Waals surface area contributed by atoms with E-state index in [0.29, 0.717) is 21.9 Å². The van der Waals surface area contributed by atoms with Gasteiger partial charge in [-0.1, -0.05) is 24.9 Å². The van der Waals surface area contributed by atoms with Crippen LogP contribution in [0.5, 0.6) is 0 Å². The maximum absolute atomic E-state index is 12.2. The standard InChI is InChI=1S/C14H17ClINOS/c1-2-19-13-5-3-4-12(13)17-14(18)9-6-7-11(16)10(15)8-9/h6-8,12-13H,2-5H2,1H3,(H,17,18). The van der Waals surface area contributed by atoms with Gasteiger partial charge in [0.05, 0.1) is 5.02 Å². The van der Waals surface area contributed by atoms with Crippen LogP contribution >= 0.6 is 46.0 Å². The van der Waals surface area contributed by atoms with Gasteiger partial charge in [-0.3, -0.25) is 4.79 Å². The van der Waals surface area contributed by atoms with Crippen molar-refractivity contribution in [3.05, 3.63) is 32.4 Å². The van der Waals surface area contributed by atoms with Gasteiger partial charge in [0.1, 0.15) is 0 Å². The van der Waals surface area contributed by atoms with Crippen LogP contribution in [0.1, 0.15) is 36.5 Å². The fourth-order valence-corrected chi connectivity index (χ4v) is 4.11. The van der Waals surface area contributed by atoms with E-state index in [0.717, 1.165) is 15.7 Å². The Labute approximate surface area is 137 Å². The molecule has 5 heteroatoms. The van der Waals surface area contributed by atoms with Gasteiger partial charge in [-0.2, -0.15) is 11.8 Å². The van der Waals surface area contributed by atoms with Gasteiger partial charge < -0.3 is 5.32 Å². The number of rotatable bonds is 4. The molecule has 104 valence electrons. The molecule has 1 saturated carbocycles. The monoisotopic (exact) mass is 409 g/mol. The Hall–Kier alpha value is 0.0600. The maximum atomic E-state index is 12.2. The van der Waals surface area contributed by atoms with E-state index in [-0.39, 0.29) is 5.91 Å². The lowest BCUT2D eigenvalue weighted by atomic mass is 10.2. The summed E-state index contributed by atoms with van der Waals surface area (Å²) in [5, 5.41) is 4.36. The van der Waals surface area contributed by atoms with Crippen molar-refractivity contribution >= 4 is 51.9 Å². The summed E-state index contributed by atoms with van der Waals surface area (Å²) in [5.41, 5.74) is 0.651. The van der Waals surface area contributed by atoms with Crippen LogP contribution in [0.4, 0.5) is 0 Å². The number of carbonyl (C=O) groups is 1. The highest BCUT2D eigenvalue weighted by molar-refractivity contribution is 14.1. The summed E-state index contributed by atoms with van der Waals surface area (Å²) in [6, 6.07) is 5.76. The zero-order valence-corrected chi connectivity index (χ0v) is 14.5. The van der Waals surface area contributed by atoms with Crippen LogP contribution in [0.3, 0.4) is 0 Å². The molecule has 1 aliphatic carbocycles. The number of thioether (sulfide) groups is 1. The summed E-state index contributed by atoms with van der Waals surface area (Å²) < 4.78 is 0.969. The van der Waals surface area contributed by atoms with E-state index < -0.39 is 0 Å². The molecule has 0 aromatic heterocycles. The van der Waals surface area contributed by atoms with E-state index >= 15 is 0 Å². The molecule has 2 rings (SSSR count). The quantitative estimate of drug-likeness (QED) is 0.749. The van der Waals surface area contributed by atoms with E-state index in [1.165, 1.54) is 12.8 Å². The lowest BCUT2D eigenvalue weighted by Gasteiger charge is -2.20. The summed E-state index contributed by atoms with van der Waals surface area (Å²) in [6.45, 7) is 2.17. The van der Waals surface area contributed by atoms with Gasteiger partial charge in [-0.25, -0.2) is 0 Å². The molecule has 0 spiro atoms. The van der Waals surface area contributed by atoms with Gasteiger partial charge in [0.15, 0.2) is 0 Å². The molecular formula is C14H17ClINOS. The Morgan fingerprint density at radius 3 is 3.00 bits per heavy atom. The van der Waals surface area contributed by atoms with Crippen molar-refractivity contribution in [3.8, 4) is 0 Å². The molecule has 1 N–H and O–H groups in total. The Morgan fingerprint density at radius 2 is 2.32 bits per heavy atom. The van der Waals surface area contributed by atoms with Crippen LogP contribution in [0, 0.1) is 3.57 Å². The Balaban J connectivity index is 2.02. The minimum absolute atomic E-state index is 0.00750. The molecule has 1 aromatic rings. The molecule has 0 aliphatic heterocycles. The van der Waals surface area contributed by atoms with E-state index in [1.807, 2.05) is 23.9 Å². The van der Waals surface area contributed by atoms with E-state index in [1.54, 1.807) is 6.07 Å². The normalized spacial score (nSPS) is 22.5. The van der Waals surface area contributed by atoms with Crippen LogP contribution < -0.4 is 5.32 Å². The summed E-state index contributed by atoms with van der Waals surface area (Å²) in [6.07, 6.45) is 3.49. The van der Waals surface area contributed by atoms with Crippen molar-refractivity contribution in [2.75, 3.05) is 5.75 Å². The second-order valence-electron chi connectivity index (χ2n) is 4.63. The Bertz CT molecular complexity index is 469. The number of carbonyl (C=O) groups excluding carboxylic acids is 1. The first kappa shape index (κ1) is 15.4.